The van der Waals surface area contributed by atoms with Crippen LogP contribution in [0.4, 0.5) is 0 Å². The molecule has 11 heavy (non-hydrogen) atoms. The molecular formula is C9H11FeP. The van der Waals surface area contributed by atoms with Gasteiger partial charge in [0.25, 0.3) is 0 Å². The Kier molecular flexibility index (Phi) is 5.50. The molecule has 0 bridgehead atoms. The fourth-order valence-electron chi connectivity index (χ4n) is 0.855. The summed E-state index contributed by atoms with van der Waals surface area (Å²) >= 11 is 0. The van der Waals surface area contributed by atoms with Gasteiger partial charge in [-0.3, -0.25) is 0 Å². The molecule has 0 aliphatic heterocycles. The van der Waals surface area contributed by atoms with Crippen LogP contribution in [0.3, 0.4) is 0 Å². The van der Waals surface area contributed by atoms with Crippen LogP contribution in [0.1, 0.15) is 12.5 Å². The van der Waals surface area contributed by atoms with Crippen molar-refractivity contribution in [3.8, 4) is 0 Å². The second kappa shape index (κ2) is 5.55. The van der Waals surface area contributed by atoms with Crippen LogP contribution in [0, 0.1) is 0 Å². The average Bonchev–Trinajstić information content (AvgIpc) is 1.88. The van der Waals surface area contributed by atoms with Crippen molar-refractivity contribution in [3.05, 3.63) is 35.9 Å². The van der Waals surface area contributed by atoms with E-state index in [0.29, 0.717) is 0 Å². The van der Waals surface area contributed by atoms with Crippen LogP contribution in [0.2, 0.25) is 0 Å². The summed E-state index contributed by atoms with van der Waals surface area (Å²) in [5.41, 5.74) is 1.26. The van der Waals surface area contributed by atoms with Gasteiger partial charge in [0.05, 0.1) is 0 Å². The summed E-state index contributed by atoms with van der Waals surface area (Å²) in [6, 6.07) is 8.34. The molecule has 0 N–H and O–H groups in total. The van der Waals surface area contributed by atoms with Crippen molar-refractivity contribution in [3.63, 3.8) is 0 Å². The van der Waals surface area contributed by atoms with Crippen LogP contribution in [0.25, 0.3) is 6.08 Å². The Morgan fingerprint density at radius 3 is 2.64 bits per heavy atom. The van der Waals surface area contributed by atoms with Crippen molar-refractivity contribution in [2.24, 2.45) is 0 Å². The normalized spacial score (nSPS) is 9.64. The van der Waals surface area contributed by atoms with Gasteiger partial charge in [0.1, 0.15) is 0 Å². The molecular weight excluding hydrogens is 195 g/mol. The van der Waals surface area contributed by atoms with Gasteiger partial charge in [-0.15, -0.1) is 9.24 Å². The minimum atomic E-state index is 0. The zero-order valence-electron chi connectivity index (χ0n) is 6.40. The first-order chi connectivity index (χ1) is 4.83. The quantitative estimate of drug-likeness (QED) is 0.488. The molecule has 2 heteroatoms. The van der Waals surface area contributed by atoms with Crippen LogP contribution in [-0.2, 0) is 17.1 Å². The van der Waals surface area contributed by atoms with E-state index < -0.39 is 0 Å². The minimum Gasteiger partial charge on any atom is -0.106 e. The number of benzene rings is 1. The van der Waals surface area contributed by atoms with E-state index in [1.807, 2.05) is 13.0 Å². The summed E-state index contributed by atoms with van der Waals surface area (Å²) in [6.45, 7) is 2.02. The Hall–Kier alpha value is -0.0905. The van der Waals surface area contributed by atoms with E-state index in [0.717, 1.165) is 0 Å². The summed E-state index contributed by atoms with van der Waals surface area (Å²) < 4.78 is 0. The summed E-state index contributed by atoms with van der Waals surface area (Å²) in [7, 11) is 2.68. The maximum atomic E-state index is 2.68. The maximum Gasteiger partial charge on any atom is 0 e. The topological polar surface area (TPSA) is 0 Å². The molecule has 0 saturated carbocycles. The molecule has 60 valence electrons. The van der Waals surface area contributed by atoms with Crippen molar-refractivity contribution in [2.75, 3.05) is 0 Å². The summed E-state index contributed by atoms with van der Waals surface area (Å²) in [5.74, 6) is 0. The second-order valence-corrected chi connectivity index (χ2v) is 2.84. The van der Waals surface area contributed by atoms with Crippen molar-refractivity contribution < 1.29 is 17.1 Å². The van der Waals surface area contributed by atoms with E-state index >= 15 is 0 Å². The number of hydrogen-bond donors (Lipinski definition) is 0. The Balaban J connectivity index is 0.000001000. The van der Waals surface area contributed by atoms with E-state index in [1.54, 1.807) is 0 Å². The fraction of sp³-hybridized carbons (Fsp3) is 0.111. The van der Waals surface area contributed by atoms with Gasteiger partial charge in [0, 0.05) is 17.1 Å². The van der Waals surface area contributed by atoms with Crippen LogP contribution in [0.15, 0.2) is 30.3 Å². The molecule has 0 fully saturated rings. The Labute approximate surface area is 80.8 Å². The molecule has 0 amide bonds. The SMILES string of the molecule is CC=Cc1cccc(P)c1.[Fe]. The molecule has 1 atom stereocenters. The number of rotatable bonds is 1. The maximum absolute atomic E-state index is 2.68. The summed E-state index contributed by atoms with van der Waals surface area (Å²) in [4.78, 5) is 0. The van der Waals surface area contributed by atoms with Gasteiger partial charge >= 0.3 is 0 Å². The molecule has 0 saturated heterocycles. The van der Waals surface area contributed by atoms with E-state index in [2.05, 4.69) is 39.6 Å². The van der Waals surface area contributed by atoms with Crippen LogP contribution < -0.4 is 5.30 Å². The Morgan fingerprint density at radius 2 is 2.09 bits per heavy atom. The summed E-state index contributed by atoms with van der Waals surface area (Å²) in [5, 5.41) is 1.23. The van der Waals surface area contributed by atoms with Gasteiger partial charge in [0.15, 0.2) is 0 Å². The van der Waals surface area contributed by atoms with Gasteiger partial charge < -0.3 is 0 Å². The summed E-state index contributed by atoms with van der Waals surface area (Å²) in [6.07, 6.45) is 4.13. The molecule has 1 unspecified atom stereocenters. The molecule has 1 aromatic rings. The zero-order chi connectivity index (χ0) is 7.40. The molecule has 0 aliphatic rings. The van der Waals surface area contributed by atoms with Gasteiger partial charge in [0.2, 0.25) is 0 Å². The van der Waals surface area contributed by atoms with Gasteiger partial charge in [-0.25, -0.2) is 0 Å². The van der Waals surface area contributed by atoms with E-state index in [9.17, 15) is 0 Å². The molecule has 0 aromatic heterocycles. The first-order valence-electron chi connectivity index (χ1n) is 3.31. The average molecular weight is 206 g/mol. The van der Waals surface area contributed by atoms with Crippen molar-refractivity contribution >= 4 is 20.6 Å². The van der Waals surface area contributed by atoms with E-state index in [-0.39, 0.29) is 17.1 Å². The van der Waals surface area contributed by atoms with Crippen LogP contribution >= 0.6 is 9.24 Å². The predicted molar refractivity (Wildman–Crippen MR) is 50.5 cm³/mol. The molecule has 0 aliphatic carbocycles. The van der Waals surface area contributed by atoms with Gasteiger partial charge in [-0.05, 0) is 23.9 Å². The smallest absolute Gasteiger partial charge is 0 e. The molecule has 0 radical (unpaired) electrons. The minimum absolute atomic E-state index is 0. The second-order valence-electron chi connectivity index (χ2n) is 2.17. The van der Waals surface area contributed by atoms with E-state index in [4.69, 9.17) is 0 Å². The van der Waals surface area contributed by atoms with Crippen molar-refractivity contribution in [2.45, 2.75) is 6.92 Å². The number of hydrogen-bond acceptors (Lipinski definition) is 0. The predicted octanol–water partition coefficient (Wildman–Crippen LogP) is 2.22. The van der Waals surface area contributed by atoms with Gasteiger partial charge in [-0.2, -0.15) is 0 Å². The third kappa shape index (κ3) is 3.72. The Bertz CT molecular complexity index is 243. The third-order valence-electron chi connectivity index (χ3n) is 1.27. The fourth-order valence-corrected chi connectivity index (χ4v) is 1.16. The molecule has 1 aromatic carbocycles. The first-order valence-corrected chi connectivity index (χ1v) is 3.89. The van der Waals surface area contributed by atoms with Crippen LogP contribution in [-0.4, -0.2) is 0 Å². The zero-order valence-corrected chi connectivity index (χ0v) is 8.65. The molecule has 0 nitrogen and oxygen atoms in total. The standard InChI is InChI=1S/C9H11P.Fe/c1-2-4-8-5-3-6-9(10)7-8;/h2-7H,10H2,1H3;. The largest absolute Gasteiger partial charge is 0.106 e. The molecule has 1 rings (SSSR count). The van der Waals surface area contributed by atoms with Crippen LogP contribution in [0.5, 0.6) is 0 Å². The first kappa shape index (κ1) is 10.9. The third-order valence-corrected chi connectivity index (χ3v) is 1.63. The van der Waals surface area contributed by atoms with Gasteiger partial charge in [-0.1, -0.05) is 30.4 Å². The van der Waals surface area contributed by atoms with Crippen molar-refractivity contribution in [1.29, 1.82) is 0 Å². The van der Waals surface area contributed by atoms with E-state index in [1.165, 1.54) is 10.9 Å². The monoisotopic (exact) mass is 206 g/mol. The molecule has 0 heterocycles. The molecule has 0 spiro atoms. The number of allylic oxidation sites excluding steroid dienone is 1. The van der Waals surface area contributed by atoms with Crippen molar-refractivity contribution in [1.82, 2.24) is 0 Å². The Morgan fingerprint density at radius 1 is 1.36 bits per heavy atom.